The van der Waals surface area contributed by atoms with Gasteiger partial charge in [-0.25, -0.2) is 9.59 Å². The first-order valence-corrected chi connectivity index (χ1v) is 14.6. The molecule has 0 saturated carbocycles. The van der Waals surface area contributed by atoms with Gasteiger partial charge in [0.05, 0.1) is 5.56 Å². The molecule has 1 amide bonds. The average Bonchev–Trinajstić information content (AvgIpc) is 3.52. The van der Waals surface area contributed by atoms with Gasteiger partial charge in [-0.15, -0.1) is 11.6 Å². The van der Waals surface area contributed by atoms with Gasteiger partial charge in [0.1, 0.15) is 17.8 Å². The quantitative estimate of drug-likeness (QED) is 0.0543. The second kappa shape index (κ2) is 16.5. The Kier molecular flexibility index (Phi) is 11.9. The number of oxazole rings is 1. The number of hydrogen-bond acceptors (Lipinski definition) is 14. The van der Waals surface area contributed by atoms with Gasteiger partial charge >= 0.3 is 35.9 Å². The Balaban J connectivity index is 1.75. The highest BCUT2D eigenvalue weighted by atomic mass is 35.5. The van der Waals surface area contributed by atoms with Gasteiger partial charge in [0.2, 0.25) is 17.4 Å². The molecule has 1 aromatic heterocycles. The summed E-state index contributed by atoms with van der Waals surface area (Å²) in [4.78, 5) is 83.2. The molecule has 0 aliphatic rings. The number of nitrogens with zero attached hydrogens (tertiary/aromatic N) is 2. The van der Waals surface area contributed by atoms with E-state index >= 15 is 0 Å². The fraction of sp³-hybridized carbons (Fsp3) is 0.152. The molecular formula is C33H26ClN3O12. The Morgan fingerprint density at radius 2 is 1.35 bits per heavy atom. The third-order valence-electron chi connectivity index (χ3n) is 5.97. The summed E-state index contributed by atoms with van der Waals surface area (Å²) in [7, 11) is 0. The SMILES string of the molecule is CC(=O)Oc1cc(C(=O)O/N=C(\C(=O)OC(c2ccccc2)c2ccccc2)c2coc(NC(=O)CCl)n2)cc(OC(C)=O)c1OC(C)=O. The first-order chi connectivity index (χ1) is 23.4. The summed E-state index contributed by atoms with van der Waals surface area (Å²) in [6, 6.07) is 19.1. The number of esters is 4. The zero-order valence-corrected chi connectivity index (χ0v) is 26.7. The number of carbonyl (C=O) groups is 6. The molecule has 0 spiro atoms. The molecule has 3 aromatic carbocycles. The van der Waals surface area contributed by atoms with Gasteiger partial charge < -0.3 is 28.2 Å². The van der Waals surface area contributed by atoms with Crippen LogP contribution in [-0.2, 0) is 33.5 Å². The number of halogens is 1. The van der Waals surface area contributed by atoms with E-state index < -0.39 is 76.3 Å². The number of amides is 1. The number of hydrogen-bond donors (Lipinski definition) is 1. The summed E-state index contributed by atoms with van der Waals surface area (Å²) in [6.45, 7) is 3.12. The number of oxime groups is 1. The van der Waals surface area contributed by atoms with Crippen LogP contribution < -0.4 is 19.5 Å². The van der Waals surface area contributed by atoms with Crippen LogP contribution in [0.4, 0.5) is 6.01 Å². The molecule has 16 heteroatoms. The first-order valence-electron chi connectivity index (χ1n) is 14.1. The molecule has 0 aliphatic carbocycles. The van der Waals surface area contributed by atoms with Gasteiger partial charge in [-0.05, 0) is 23.3 Å². The second-order valence-corrected chi connectivity index (χ2v) is 9.99. The number of ether oxygens (including phenoxy) is 4. The van der Waals surface area contributed by atoms with Crippen molar-refractivity contribution in [2.75, 3.05) is 11.2 Å². The number of nitrogens with one attached hydrogen (secondary N) is 1. The van der Waals surface area contributed by atoms with Crippen molar-refractivity contribution in [3.8, 4) is 17.2 Å². The number of benzene rings is 3. The molecule has 15 nitrogen and oxygen atoms in total. The number of carbonyl (C=O) groups excluding carboxylic acids is 6. The topological polar surface area (TPSA) is 199 Å². The minimum atomic E-state index is -1.26. The van der Waals surface area contributed by atoms with Crippen LogP contribution >= 0.6 is 11.6 Å². The van der Waals surface area contributed by atoms with E-state index in [9.17, 15) is 28.8 Å². The summed E-state index contributed by atoms with van der Waals surface area (Å²) in [5, 5.41) is 5.97. The zero-order chi connectivity index (χ0) is 35.5. The predicted octanol–water partition coefficient (Wildman–Crippen LogP) is 4.52. The maximum absolute atomic E-state index is 13.7. The van der Waals surface area contributed by atoms with Crippen LogP contribution in [-0.4, -0.2) is 52.3 Å². The highest BCUT2D eigenvalue weighted by Gasteiger charge is 2.28. The fourth-order valence-electron chi connectivity index (χ4n) is 4.07. The Hall–Kier alpha value is -6.35. The predicted molar refractivity (Wildman–Crippen MR) is 169 cm³/mol. The van der Waals surface area contributed by atoms with E-state index in [0.29, 0.717) is 11.1 Å². The van der Waals surface area contributed by atoms with Crippen LogP contribution in [0.5, 0.6) is 17.2 Å². The molecule has 0 radical (unpaired) electrons. The maximum atomic E-state index is 13.7. The van der Waals surface area contributed by atoms with Crippen molar-refractivity contribution in [2.24, 2.45) is 5.16 Å². The molecule has 1 N–H and O–H groups in total. The fourth-order valence-corrected chi connectivity index (χ4v) is 4.14. The van der Waals surface area contributed by atoms with Gasteiger partial charge in [-0.2, -0.15) is 4.98 Å². The summed E-state index contributed by atoms with van der Waals surface area (Å²) in [5.41, 5.74) is -0.206. The van der Waals surface area contributed by atoms with E-state index in [2.05, 4.69) is 15.5 Å². The van der Waals surface area contributed by atoms with Gasteiger partial charge in [0.15, 0.2) is 17.6 Å². The molecule has 0 aliphatic heterocycles. The molecule has 0 bridgehead atoms. The maximum Gasteiger partial charge on any atom is 0.366 e. The van der Waals surface area contributed by atoms with Crippen molar-refractivity contribution in [3.63, 3.8) is 0 Å². The van der Waals surface area contributed by atoms with Crippen molar-refractivity contribution in [2.45, 2.75) is 26.9 Å². The lowest BCUT2D eigenvalue weighted by atomic mass is 10.0. The van der Waals surface area contributed by atoms with E-state index in [1.807, 2.05) is 0 Å². The smallest absolute Gasteiger partial charge is 0.366 e. The van der Waals surface area contributed by atoms with Crippen LogP contribution in [0.1, 0.15) is 54.1 Å². The molecule has 4 aromatic rings. The Bertz CT molecular complexity index is 1830. The molecule has 1 heterocycles. The highest BCUT2D eigenvalue weighted by molar-refractivity contribution is 6.42. The average molecular weight is 692 g/mol. The molecule has 4 rings (SSSR count). The summed E-state index contributed by atoms with van der Waals surface area (Å²) in [6.07, 6.45) is -0.00641. The van der Waals surface area contributed by atoms with Crippen LogP contribution in [0.25, 0.3) is 0 Å². The van der Waals surface area contributed by atoms with Crippen molar-refractivity contribution in [3.05, 3.63) is 101 Å². The lowest BCUT2D eigenvalue weighted by Gasteiger charge is -2.19. The zero-order valence-electron chi connectivity index (χ0n) is 26.0. The van der Waals surface area contributed by atoms with Crippen LogP contribution in [0.2, 0.25) is 0 Å². The Morgan fingerprint density at radius 3 is 1.84 bits per heavy atom. The van der Waals surface area contributed by atoms with Gasteiger partial charge in [0, 0.05) is 20.8 Å². The van der Waals surface area contributed by atoms with Crippen molar-refractivity contribution >= 4 is 59.1 Å². The normalized spacial score (nSPS) is 10.9. The second-order valence-electron chi connectivity index (χ2n) is 9.73. The summed E-state index contributed by atoms with van der Waals surface area (Å²) in [5.74, 6) is -7.48. The molecule has 0 unspecified atom stereocenters. The monoisotopic (exact) mass is 691 g/mol. The van der Waals surface area contributed by atoms with Crippen LogP contribution in [0.3, 0.4) is 0 Å². The Morgan fingerprint density at radius 1 is 0.816 bits per heavy atom. The minimum absolute atomic E-state index is 0.311. The summed E-state index contributed by atoms with van der Waals surface area (Å²) >= 11 is 5.53. The van der Waals surface area contributed by atoms with E-state index in [4.69, 9.17) is 39.8 Å². The molecule has 0 fully saturated rings. The standard InChI is InChI=1S/C33H26ClN3O12/c1-18(38)45-25-14-23(15-26(46-19(2)39)30(25)47-20(3)40)31(42)49-37-28(24-17-44-33(35-24)36-27(41)16-34)32(43)48-29(21-10-6-4-7-11-21)22-12-8-5-9-13-22/h4-15,17,29H,16H2,1-3H3,(H,35,36,41)/b37-28-. The molecule has 0 saturated heterocycles. The molecule has 49 heavy (non-hydrogen) atoms. The molecule has 252 valence electrons. The van der Waals surface area contributed by atoms with Gasteiger partial charge in [0.25, 0.3) is 0 Å². The van der Waals surface area contributed by atoms with E-state index in [1.54, 1.807) is 60.7 Å². The number of alkyl halides is 1. The summed E-state index contributed by atoms with van der Waals surface area (Å²) < 4.78 is 26.3. The van der Waals surface area contributed by atoms with Crippen LogP contribution in [0, 0.1) is 0 Å². The highest BCUT2D eigenvalue weighted by Crippen LogP contribution is 2.40. The third kappa shape index (κ3) is 9.82. The van der Waals surface area contributed by atoms with E-state index in [1.165, 1.54) is 0 Å². The minimum Gasteiger partial charge on any atom is -0.448 e. The van der Waals surface area contributed by atoms with Crippen molar-refractivity contribution in [1.29, 1.82) is 0 Å². The number of rotatable bonds is 12. The van der Waals surface area contributed by atoms with Crippen LogP contribution in [0.15, 0.2) is 88.6 Å². The number of anilines is 1. The van der Waals surface area contributed by atoms with Crippen molar-refractivity contribution in [1.82, 2.24) is 4.98 Å². The molecule has 0 atom stereocenters. The van der Waals surface area contributed by atoms with E-state index in [0.717, 1.165) is 39.2 Å². The molecular weight excluding hydrogens is 666 g/mol. The first kappa shape index (κ1) is 35.5. The van der Waals surface area contributed by atoms with Gasteiger partial charge in [-0.1, -0.05) is 65.8 Å². The van der Waals surface area contributed by atoms with Crippen molar-refractivity contribution < 1.29 is 57.0 Å². The van der Waals surface area contributed by atoms with Gasteiger partial charge in [-0.3, -0.25) is 24.5 Å². The Labute approximate surface area is 282 Å². The largest absolute Gasteiger partial charge is 0.448 e. The lowest BCUT2D eigenvalue weighted by molar-refractivity contribution is -0.139. The third-order valence-corrected chi connectivity index (χ3v) is 6.21. The number of aromatic nitrogens is 1. The van der Waals surface area contributed by atoms with E-state index in [-0.39, 0.29) is 11.7 Å². The lowest BCUT2D eigenvalue weighted by Crippen LogP contribution is -2.23.